The Kier molecular flexibility index (Phi) is 5.94. The second kappa shape index (κ2) is 7.65. The number of sulfonamides is 1. The van der Waals surface area contributed by atoms with Gasteiger partial charge >= 0.3 is 6.18 Å². The van der Waals surface area contributed by atoms with Gasteiger partial charge in [-0.25, -0.2) is 13.1 Å². The molecule has 0 fully saturated rings. The highest BCUT2D eigenvalue weighted by Crippen LogP contribution is 2.30. The molecular formula is C17H18F3NO4S. The van der Waals surface area contributed by atoms with Crippen LogP contribution in [0.25, 0.3) is 0 Å². The molecule has 142 valence electrons. The lowest BCUT2D eigenvalue weighted by atomic mass is 10.1. The molecule has 0 aromatic heterocycles. The molecule has 0 bridgehead atoms. The largest absolute Gasteiger partial charge is 0.497 e. The number of methoxy groups -OCH3 is 1. The number of aliphatic hydroxyl groups is 1. The van der Waals surface area contributed by atoms with E-state index >= 15 is 0 Å². The van der Waals surface area contributed by atoms with Crippen molar-refractivity contribution in [1.82, 2.24) is 4.72 Å². The maximum atomic E-state index is 12.5. The Bertz CT molecular complexity index is 865. The minimum Gasteiger partial charge on any atom is -0.497 e. The van der Waals surface area contributed by atoms with Gasteiger partial charge in [0.25, 0.3) is 0 Å². The van der Waals surface area contributed by atoms with Gasteiger partial charge in [0, 0.05) is 6.54 Å². The van der Waals surface area contributed by atoms with E-state index in [2.05, 4.69) is 4.72 Å². The van der Waals surface area contributed by atoms with Crippen molar-refractivity contribution in [1.29, 1.82) is 0 Å². The van der Waals surface area contributed by atoms with Crippen LogP contribution < -0.4 is 9.46 Å². The van der Waals surface area contributed by atoms with Crippen molar-refractivity contribution >= 4 is 10.0 Å². The van der Waals surface area contributed by atoms with E-state index in [0.717, 1.165) is 24.3 Å². The van der Waals surface area contributed by atoms with Crippen LogP contribution in [-0.4, -0.2) is 27.2 Å². The summed E-state index contributed by atoms with van der Waals surface area (Å²) in [4.78, 5) is 0.0259. The molecule has 0 amide bonds. The number of aryl methyl sites for hydroxylation is 1. The third-order valence-electron chi connectivity index (χ3n) is 3.76. The maximum absolute atomic E-state index is 12.5. The van der Waals surface area contributed by atoms with Crippen molar-refractivity contribution in [3.8, 4) is 5.75 Å². The molecular weight excluding hydrogens is 371 g/mol. The Morgan fingerprint density at radius 1 is 1.15 bits per heavy atom. The van der Waals surface area contributed by atoms with Gasteiger partial charge in [-0.3, -0.25) is 0 Å². The van der Waals surface area contributed by atoms with Gasteiger partial charge in [0.05, 0.1) is 23.7 Å². The van der Waals surface area contributed by atoms with Gasteiger partial charge in [-0.05, 0) is 48.4 Å². The molecule has 5 nitrogen and oxygen atoms in total. The maximum Gasteiger partial charge on any atom is 0.416 e. The average Bonchev–Trinajstić information content (AvgIpc) is 2.58. The minimum atomic E-state index is -4.48. The fourth-order valence-corrected chi connectivity index (χ4v) is 3.59. The number of hydrogen-bond acceptors (Lipinski definition) is 4. The lowest BCUT2D eigenvalue weighted by Crippen LogP contribution is -2.29. The van der Waals surface area contributed by atoms with Crippen molar-refractivity contribution in [2.24, 2.45) is 0 Å². The van der Waals surface area contributed by atoms with E-state index in [-0.39, 0.29) is 17.0 Å². The number of halogens is 3. The quantitative estimate of drug-likeness (QED) is 0.796. The zero-order chi connectivity index (χ0) is 19.5. The number of benzene rings is 2. The zero-order valence-corrected chi connectivity index (χ0v) is 14.9. The summed E-state index contributed by atoms with van der Waals surface area (Å²) in [7, 11) is -2.44. The second-order valence-electron chi connectivity index (χ2n) is 5.62. The Hall–Kier alpha value is -2.10. The van der Waals surface area contributed by atoms with Crippen LogP contribution in [0.5, 0.6) is 5.75 Å². The van der Waals surface area contributed by atoms with Crippen molar-refractivity contribution in [3.05, 3.63) is 59.2 Å². The van der Waals surface area contributed by atoms with Gasteiger partial charge in [0.15, 0.2) is 0 Å². The van der Waals surface area contributed by atoms with Crippen LogP contribution in [0.3, 0.4) is 0 Å². The van der Waals surface area contributed by atoms with Gasteiger partial charge in [-0.2, -0.15) is 13.2 Å². The van der Waals surface area contributed by atoms with Crippen LogP contribution in [0.2, 0.25) is 0 Å². The number of nitrogens with one attached hydrogen (secondary N) is 1. The number of aliphatic hydroxyl groups excluding tert-OH is 1. The van der Waals surface area contributed by atoms with Gasteiger partial charge in [0.2, 0.25) is 10.0 Å². The fraction of sp³-hybridized carbons (Fsp3) is 0.294. The SMILES string of the molecule is COc1ccc(S(=O)(=O)NCC(O)c2ccc(C(F)(F)F)cc2)c(C)c1. The first kappa shape index (κ1) is 20.2. The molecule has 0 saturated carbocycles. The molecule has 0 aliphatic carbocycles. The molecule has 26 heavy (non-hydrogen) atoms. The topological polar surface area (TPSA) is 75.6 Å². The van der Waals surface area contributed by atoms with E-state index in [1.807, 2.05) is 0 Å². The second-order valence-corrected chi connectivity index (χ2v) is 7.35. The number of ether oxygens (including phenoxy) is 1. The minimum absolute atomic E-state index is 0.0259. The Balaban J connectivity index is 2.09. The lowest BCUT2D eigenvalue weighted by Gasteiger charge is -2.15. The predicted molar refractivity (Wildman–Crippen MR) is 89.3 cm³/mol. The molecule has 0 aliphatic heterocycles. The molecule has 1 atom stereocenters. The van der Waals surface area contributed by atoms with Crippen LogP contribution in [0.4, 0.5) is 13.2 Å². The molecule has 2 aromatic carbocycles. The van der Waals surface area contributed by atoms with E-state index in [1.165, 1.54) is 19.2 Å². The molecule has 0 heterocycles. The molecule has 0 spiro atoms. The average molecular weight is 389 g/mol. The molecule has 2 aromatic rings. The highest BCUT2D eigenvalue weighted by molar-refractivity contribution is 7.89. The summed E-state index contributed by atoms with van der Waals surface area (Å²) in [5, 5.41) is 10.0. The van der Waals surface area contributed by atoms with Gasteiger partial charge in [0.1, 0.15) is 5.75 Å². The lowest BCUT2D eigenvalue weighted by molar-refractivity contribution is -0.137. The van der Waals surface area contributed by atoms with Crippen LogP contribution in [0.1, 0.15) is 22.8 Å². The van der Waals surface area contributed by atoms with E-state index in [0.29, 0.717) is 11.3 Å². The third-order valence-corrected chi connectivity index (χ3v) is 5.34. The highest BCUT2D eigenvalue weighted by Gasteiger charge is 2.30. The molecule has 1 unspecified atom stereocenters. The smallest absolute Gasteiger partial charge is 0.416 e. The summed E-state index contributed by atoms with van der Waals surface area (Å²) in [5.41, 5.74) is -0.212. The molecule has 2 rings (SSSR count). The number of hydrogen-bond donors (Lipinski definition) is 2. The standard InChI is InChI=1S/C17H18F3NO4S/c1-11-9-14(25-2)7-8-16(11)26(23,24)21-10-15(22)12-3-5-13(6-4-12)17(18,19)20/h3-9,15,21-22H,10H2,1-2H3. The Morgan fingerprint density at radius 2 is 1.77 bits per heavy atom. The monoisotopic (exact) mass is 389 g/mol. The van der Waals surface area contributed by atoms with Crippen LogP contribution in [-0.2, 0) is 16.2 Å². The molecule has 9 heteroatoms. The summed E-state index contributed by atoms with van der Waals surface area (Å²) < 4.78 is 69.6. The Morgan fingerprint density at radius 3 is 2.27 bits per heavy atom. The summed E-state index contributed by atoms with van der Waals surface area (Å²) in [5.74, 6) is 0.506. The first-order valence-electron chi connectivity index (χ1n) is 7.54. The zero-order valence-electron chi connectivity index (χ0n) is 14.0. The molecule has 0 radical (unpaired) electrons. The van der Waals surface area contributed by atoms with Crippen molar-refractivity contribution in [2.75, 3.05) is 13.7 Å². The Labute approximate surface area is 149 Å². The van der Waals surface area contributed by atoms with Gasteiger partial charge < -0.3 is 9.84 Å². The molecule has 0 saturated heterocycles. The molecule has 2 N–H and O–H groups in total. The van der Waals surface area contributed by atoms with Gasteiger partial charge in [-0.15, -0.1) is 0 Å². The van der Waals surface area contributed by atoms with E-state index in [9.17, 15) is 26.7 Å². The summed E-state index contributed by atoms with van der Waals surface area (Å²) in [6.07, 6.45) is -5.76. The van der Waals surface area contributed by atoms with Crippen LogP contribution in [0.15, 0.2) is 47.4 Å². The molecule has 0 aliphatic rings. The van der Waals surface area contributed by atoms with Crippen molar-refractivity contribution in [2.45, 2.75) is 24.1 Å². The van der Waals surface area contributed by atoms with E-state index in [4.69, 9.17) is 4.74 Å². The van der Waals surface area contributed by atoms with Crippen molar-refractivity contribution < 1.29 is 31.4 Å². The van der Waals surface area contributed by atoms with Gasteiger partial charge in [-0.1, -0.05) is 12.1 Å². The number of alkyl halides is 3. The first-order chi connectivity index (χ1) is 12.0. The fourth-order valence-electron chi connectivity index (χ4n) is 2.33. The summed E-state index contributed by atoms with van der Waals surface area (Å²) in [6.45, 7) is 1.22. The highest BCUT2D eigenvalue weighted by atomic mass is 32.2. The third kappa shape index (κ3) is 4.75. The van der Waals surface area contributed by atoms with E-state index < -0.39 is 27.9 Å². The summed E-state index contributed by atoms with van der Waals surface area (Å²) >= 11 is 0. The van der Waals surface area contributed by atoms with Crippen molar-refractivity contribution in [3.63, 3.8) is 0 Å². The number of rotatable bonds is 6. The van der Waals surface area contributed by atoms with Crippen LogP contribution >= 0.6 is 0 Å². The first-order valence-corrected chi connectivity index (χ1v) is 9.02. The normalized spacial score (nSPS) is 13.5. The van der Waals surface area contributed by atoms with Crippen LogP contribution in [0, 0.1) is 6.92 Å². The summed E-state index contributed by atoms with van der Waals surface area (Å²) in [6, 6.07) is 8.32. The van der Waals surface area contributed by atoms with E-state index in [1.54, 1.807) is 13.0 Å². The predicted octanol–water partition coefficient (Wildman–Crippen LogP) is 3.03.